The molecule has 2 amide bonds. The summed E-state index contributed by atoms with van der Waals surface area (Å²) in [5.41, 5.74) is 0.686. The molecule has 0 bridgehead atoms. The second-order valence-corrected chi connectivity index (χ2v) is 7.10. The second kappa shape index (κ2) is 7.79. The van der Waals surface area contributed by atoms with Gasteiger partial charge in [-0.15, -0.1) is 0 Å². The van der Waals surface area contributed by atoms with E-state index in [0.29, 0.717) is 5.92 Å². The van der Waals surface area contributed by atoms with Gasteiger partial charge >= 0.3 is 6.03 Å². The standard InChI is InChI=1S/C18H29N3O2/c1-18(13-22,15-9-10-15)20-17(23)19-16(12-21(2)3)11-14-7-5-4-6-8-14/h4-8,15-16,22H,9-13H2,1-3H3,(H2,19,20,23). The van der Waals surface area contributed by atoms with Gasteiger partial charge in [-0.05, 0) is 51.8 Å². The summed E-state index contributed by atoms with van der Waals surface area (Å²) in [5, 5.41) is 15.7. The number of nitrogens with zero attached hydrogens (tertiary/aromatic N) is 1. The van der Waals surface area contributed by atoms with Crippen molar-refractivity contribution in [1.29, 1.82) is 0 Å². The van der Waals surface area contributed by atoms with E-state index in [1.54, 1.807) is 0 Å². The highest BCUT2D eigenvalue weighted by atomic mass is 16.3. The molecule has 1 aromatic rings. The summed E-state index contributed by atoms with van der Waals surface area (Å²) in [6.07, 6.45) is 2.93. The van der Waals surface area contributed by atoms with Crippen molar-refractivity contribution < 1.29 is 9.90 Å². The van der Waals surface area contributed by atoms with Crippen LogP contribution in [-0.4, -0.2) is 54.9 Å². The molecule has 0 saturated heterocycles. The molecule has 0 aromatic heterocycles. The summed E-state index contributed by atoms with van der Waals surface area (Å²) in [4.78, 5) is 14.4. The van der Waals surface area contributed by atoms with Crippen LogP contribution in [0.25, 0.3) is 0 Å². The maximum Gasteiger partial charge on any atom is 0.315 e. The van der Waals surface area contributed by atoms with Crippen molar-refractivity contribution in [2.45, 2.75) is 37.8 Å². The summed E-state index contributed by atoms with van der Waals surface area (Å²) in [6.45, 7) is 2.66. The van der Waals surface area contributed by atoms with Crippen LogP contribution in [0.3, 0.4) is 0 Å². The first-order chi connectivity index (χ1) is 10.9. The van der Waals surface area contributed by atoms with Gasteiger partial charge in [0.1, 0.15) is 0 Å². The zero-order valence-electron chi connectivity index (χ0n) is 14.4. The van der Waals surface area contributed by atoms with Crippen molar-refractivity contribution in [3.63, 3.8) is 0 Å². The van der Waals surface area contributed by atoms with Gasteiger partial charge in [-0.3, -0.25) is 0 Å². The smallest absolute Gasteiger partial charge is 0.315 e. The Labute approximate surface area is 139 Å². The number of urea groups is 1. The lowest BCUT2D eigenvalue weighted by atomic mass is 9.97. The number of aliphatic hydroxyl groups is 1. The fourth-order valence-electron chi connectivity index (χ4n) is 2.97. The Morgan fingerprint density at radius 2 is 2.00 bits per heavy atom. The molecule has 2 atom stereocenters. The Hall–Kier alpha value is -1.59. The molecule has 23 heavy (non-hydrogen) atoms. The Morgan fingerprint density at radius 1 is 1.35 bits per heavy atom. The lowest BCUT2D eigenvalue weighted by molar-refractivity contribution is 0.153. The zero-order chi connectivity index (χ0) is 16.9. The van der Waals surface area contributed by atoms with Crippen LogP contribution in [-0.2, 0) is 6.42 Å². The molecule has 0 spiro atoms. The summed E-state index contributed by atoms with van der Waals surface area (Å²) in [5.74, 6) is 0.389. The predicted octanol–water partition coefficient (Wildman–Crippen LogP) is 1.62. The van der Waals surface area contributed by atoms with E-state index in [4.69, 9.17) is 0 Å². The van der Waals surface area contributed by atoms with E-state index in [2.05, 4.69) is 27.7 Å². The largest absolute Gasteiger partial charge is 0.394 e. The van der Waals surface area contributed by atoms with Gasteiger partial charge in [-0.2, -0.15) is 0 Å². The van der Waals surface area contributed by atoms with E-state index in [1.165, 1.54) is 5.56 Å². The molecule has 128 valence electrons. The number of aliphatic hydroxyl groups excluding tert-OH is 1. The molecular weight excluding hydrogens is 290 g/mol. The number of rotatable bonds is 8. The zero-order valence-corrected chi connectivity index (χ0v) is 14.4. The third-order valence-corrected chi connectivity index (χ3v) is 4.45. The molecule has 1 saturated carbocycles. The minimum Gasteiger partial charge on any atom is -0.394 e. The van der Waals surface area contributed by atoms with Crippen LogP contribution in [0.2, 0.25) is 0 Å². The Kier molecular flexibility index (Phi) is 6.02. The van der Waals surface area contributed by atoms with Gasteiger partial charge in [0.25, 0.3) is 0 Å². The molecule has 1 fully saturated rings. The summed E-state index contributed by atoms with van der Waals surface area (Å²) >= 11 is 0. The molecular formula is C18H29N3O2. The van der Waals surface area contributed by atoms with Gasteiger partial charge in [0, 0.05) is 12.6 Å². The van der Waals surface area contributed by atoms with Crippen LogP contribution in [0.1, 0.15) is 25.3 Å². The van der Waals surface area contributed by atoms with Crippen molar-refractivity contribution >= 4 is 6.03 Å². The van der Waals surface area contributed by atoms with E-state index in [0.717, 1.165) is 25.8 Å². The summed E-state index contributed by atoms with van der Waals surface area (Å²) < 4.78 is 0. The van der Waals surface area contributed by atoms with Crippen LogP contribution in [0.15, 0.2) is 30.3 Å². The monoisotopic (exact) mass is 319 g/mol. The third-order valence-electron chi connectivity index (χ3n) is 4.45. The summed E-state index contributed by atoms with van der Waals surface area (Å²) in [6, 6.07) is 9.99. The highest BCUT2D eigenvalue weighted by molar-refractivity contribution is 5.75. The van der Waals surface area contributed by atoms with E-state index in [9.17, 15) is 9.90 Å². The first-order valence-corrected chi connectivity index (χ1v) is 8.31. The van der Waals surface area contributed by atoms with Gasteiger partial charge in [0.05, 0.1) is 12.1 Å². The number of nitrogens with one attached hydrogen (secondary N) is 2. The van der Waals surface area contributed by atoms with Gasteiger partial charge in [0.2, 0.25) is 0 Å². The van der Waals surface area contributed by atoms with E-state index < -0.39 is 5.54 Å². The molecule has 1 aromatic carbocycles. The van der Waals surface area contributed by atoms with Crippen molar-refractivity contribution in [3.8, 4) is 0 Å². The van der Waals surface area contributed by atoms with Crippen LogP contribution in [0.5, 0.6) is 0 Å². The lowest BCUT2D eigenvalue weighted by Gasteiger charge is -2.30. The highest BCUT2D eigenvalue weighted by Gasteiger charge is 2.42. The van der Waals surface area contributed by atoms with Gasteiger partial charge in [0.15, 0.2) is 0 Å². The molecule has 0 heterocycles. The SMILES string of the molecule is CN(C)CC(Cc1ccccc1)NC(=O)NC(C)(CO)C1CC1. The average Bonchev–Trinajstić information content (AvgIpc) is 3.32. The average molecular weight is 319 g/mol. The number of hydrogen-bond donors (Lipinski definition) is 3. The Morgan fingerprint density at radius 3 is 2.52 bits per heavy atom. The highest BCUT2D eigenvalue weighted by Crippen LogP contribution is 2.39. The van der Waals surface area contributed by atoms with Crippen molar-refractivity contribution in [1.82, 2.24) is 15.5 Å². The third kappa shape index (κ3) is 5.52. The van der Waals surface area contributed by atoms with Crippen molar-refractivity contribution in [2.24, 2.45) is 5.92 Å². The van der Waals surface area contributed by atoms with E-state index in [-0.39, 0.29) is 18.7 Å². The number of carbonyl (C=O) groups excluding carboxylic acids is 1. The molecule has 5 heteroatoms. The van der Waals surface area contributed by atoms with Crippen LogP contribution < -0.4 is 10.6 Å². The van der Waals surface area contributed by atoms with Gasteiger partial charge in [-0.1, -0.05) is 30.3 Å². The molecule has 0 radical (unpaired) electrons. The Balaban J connectivity index is 1.95. The second-order valence-electron chi connectivity index (χ2n) is 7.10. The van der Waals surface area contributed by atoms with Gasteiger partial charge < -0.3 is 20.6 Å². The molecule has 0 aliphatic heterocycles. The quantitative estimate of drug-likeness (QED) is 0.682. The molecule has 1 aliphatic rings. The molecule has 1 aliphatic carbocycles. The number of hydrogen-bond acceptors (Lipinski definition) is 3. The van der Waals surface area contributed by atoms with Crippen LogP contribution in [0, 0.1) is 5.92 Å². The molecule has 3 N–H and O–H groups in total. The molecule has 2 rings (SSSR count). The lowest BCUT2D eigenvalue weighted by Crippen LogP contribution is -2.57. The molecule has 2 unspecified atom stereocenters. The van der Waals surface area contributed by atoms with Crippen LogP contribution >= 0.6 is 0 Å². The summed E-state index contributed by atoms with van der Waals surface area (Å²) in [7, 11) is 4.00. The first-order valence-electron chi connectivity index (χ1n) is 8.31. The maximum atomic E-state index is 12.4. The van der Waals surface area contributed by atoms with E-state index in [1.807, 2.05) is 39.2 Å². The number of benzene rings is 1. The fraction of sp³-hybridized carbons (Fsp3) is 0.611. The van der Waals surface area contributed by atoms with Crippen LogP contribution in [0.4, 0.5) is 4.79 Å². The van der Waals surface area contributed by atoms with Crippen molar-refractivity contribution in [2.75, 3.05) is 27.2 Å². The van der Waals surface area contributed by atoms with E-state index >= 15 is 0 Å². The number of amides is 2. The number of carbonyl (C=O) groups is 1. The van der Waals surface area contributed by atoms with Crippen molar-refractivity contribution in [3.05, 3.63) is 35.9 Å². The molecule has 5 nitrogen and oxygen atoms in total. The minimum absolute atomic E-state index is 0.0227. The normalized spacial score (nSPS) is 18.3. The van der Waals surface area contributed by atoms with Gasteiger partial charge in [-0.25, -0.2) is 4.79 Å². The topological polar surface area (TPSA) is 64.6 Å². The Bertz CT molecular complexity index is 502. The predicted molar refractivity (Wildman–Crippen MR) is 92.4 cm³/mol. The first kappa shape index (κ1) is 17.8. The fourth-order valence-corrected chi connectivity index (χ4v) is 2.97. The number of likely N-dealkylation sites (N-methyl/N-ethyl adjacent to an activating group) is 1. The maximum absolute atomic E-state index is 12.4. The minimum atomic E-state index is -0.514.